The van der Waals surface area contributed by atoms with Crippen molar-refractivity contribution in [2.75, 3.05) is 12.3 Å². The Morgan fingerprint density at radius 2 is 1.67 bits per heavy atom. The first kappa shape index (κ1) is 14.9. The van der Waals surface area contributed by atoms with E-state index in [1.807, 2.05) is 20.8 Å². The third-order valence-corrected chi connectivity index (χ3v) is 5.37. The zero-order chi connectivity index (χ0) is 12.1. The van der Waals surface area contributed by atoms with Crippen LogP contribution >= 0.6 is 0 Å². The van der Waals surface area contributed by atoms with E-state index in [1.165, 1.54) is 0 Å². The summed E-state index contributed by atoms with van der Waals surface area (Å²) in [6.07, 6.45) is 1.03. The standard InChI is InChI=1S/C11H25NO2S/c1-6-7-12-10(4)8-15(13,14)11(5)9(2)3/h9-12H,6-8H2,1-5H3. The third kappa shape index (κ3) is 5.52. The van der Waals surface area contributed by atoms with Crippen LogP contribution in [0.3, 0.4) is 0 Å². The van der Waals surface area contributed by atoms with E-state index < -0.39 is 9.84 Å². The van der Waals surface area contributed by atoms with Crippen LogP contribution in [0.5, 0.6) is 0 Å². The van der Waals surface area contributed by atoms with Gasteiger partial charge in [-0.05, 0) is 32.7 Å². The largest absolute Gasteiger partial charge is 0.313 e. The molecule has 0 aromatic carbocycles. The van der Waals surface area contributed by atoms with Crippen molar-refractivity contribution in [3.05, 3.63) is 0 Å². The van der Waals surface area contributed by atoms with Crippen LogP contribution in [-0.4, -0.2) is 32.0 Å². The summed E-state index contributed by atoms with van der Waals surface area (Å²) in [5.41, 5.74) is 0. The SMILES string of the molecule is CCCNC(C)CS(=O)(=O)C(C)C(C)C. The van der Waals surface area contributed by atoms with Gasteiger partial charge in [0.25, 0.3) is 0 Å². The van der Waals surface area contributed by atoms with Crippen molar-refractivity contribution in [2.24, 2.45) is 5.92 Å². The first-order chi connectivity index (χ1) is 6.81. The molecule has 92 valence electrons. The predicted molar refractivity (Wildman–Crippen MR) is 65.8 cm³/mol. The van der Waals surface area contributed by atoms with Gasteiger partial charge in [0.15, 0.2) is 9.84 Å². The third-order valence-electron chi connectivity index (χ3n) is 2.73. The van der Waals surface area contributed by atoms with Crippen LogP contribution in [0.2, 0.25) is 0 Å². The molecule has 0 radical (unpaired) electrons. The van der Waals surface area contributed by atoms with E-state index in [4.69, 9.17) is 0 Å². The van der Waals surface area contributed by atoms with Gasteiger partial charge in [-0.1, -0.05) is 20.8 Å². The molecule has 0 amide bonds. The van der Waals surface area contributed by atoms with Crippen LogP contribution in [-0.2, 0) is 9.84 Å². The fourth-order valence-corrected chi connectivity index (χ4v) is 3.31. The molecule has 0 aromatic rings. The molecule has 0 aliphatic carbocycles. The van der Waals surface area contributed by atoms with Gasteiger partial charge >= 0.3 is 0 Å². The summed E-state index contributed by atoms with van der Waals surface area (Å²) in [6.45, 7) is 10.6. The molecule has 0 saturated carbocycles. The summed E-state index contributed by atoms with van der Waals surface area (Å²) in [6, 6.07) is 0.0520. The van der Waals surface area contributed by atoms with Crippen molar-refractivity contribution in [3.63, 3.8) is 0 Å². The summed E-state index contributed by atoms with van der Waals surface area (Å²) >= 11 is 0. The van der Waals surface area contributed by atoms with Crippen molar-refractivity contribution >= 4 is 9.84 Å². The Morgan fingerprint density at radius 1 is 1.13 bits per heavy atom. The molecule has 0 aromatic heterocycles. The van der Waals surface area contributed by atoms with E-state index in [1.54, 1.807) is 6.92 Å². The monoisotopic (exact) mass is 235 g/mol. The second-order valence-corrected chi connectivity index (χ2v) is 7.04. The maximum Gasteiger partial charge on any atom is 0.154 e. The van der Waals surface area contributed by atoms with Crippen molar-refractivity contribution in [1.29, 1.82) is 0 Å². The summed E-state index contributed by atoms with van der Waals surface area (Å²) < 4.78 is 23.8. The Kier molecular flexibility index (Phi) is 6.44. The lowest BCUT2D eigenvalue weighted by Crippen LogP contribution is -2.37. The van der Waals surface area contributed by atoms with Gasteiger partial charge in [0.2, 0.25) is 0 Å². The minimum absolute atomic E-state index is 0.0520. The number of nitrogens with one attached hydrogen (secondary N) is 1. The number of sulfone groups is 1. The van der Waals surface area contributed by atoms with Gasteiger partial charge in [0.05, 0.1) is 11.0 Å². The van der Waals surface area contributed by atoms with Gasteiger partial charge in [-0.3, -0.25) is 0 Å². The molecule has 1 N–H and O–H groups in total. The molecular weight excluding hydrogens is 210 g/mol. The summed E-state index contributed by atoms with van der Waals surface area (Å²) in [5.74, 6) is 0.431. The van der Waals surface area contributed by atoms with Gasteiger partial charge in [-0.15, -0.1) is 0 Å². The molecule has 15 heavy (non-hydrogen) atoms. The minimum atomic E-state index is -2.95. The quantitative estimate of drug-likeness (QED) is 0.732. The smallest absolute Gasteiger partial charge is 0.154 e. The van der Waals surface area contributed by atoms with Crippen LogP contribution in [0, 0.1) is 5.92 Å². The Hall–Kier alpha value is -0.0900. The van der Waals surface area contributed by atoms with Gasteiger partial charge in [-0.25, -0.2) is 8.42 Å². The maximum absolute atomic E-state index is 11.9. The van der Waals surface area contributed by atoms with Crippen molar-refractivity contribution < 1.29 is 8.42 Å². The Labute approximate surface area is 94.6 Å². The maximum atomic E-state index is 11.9. The minimum Gasteiger partial charge on any atom is -0.313 e. The number of hydrogen-bond acceptors (Lipinski definition) is 3. The average Bonchev–Trinajstić information content (AvgIpc) is 2.12. The van der Waals surface area contributed by atoms with E-state index >= 15 is 0 Å². The molecule has 4 heteroatoms. The van der Waals surface area contributed by atoms with E-state index in [9.17, 15) is 8.42 Å². The molecule has 0 bridgehead atoms. The molecule has 0 fully saturated rings. The second kappa shape index (κ2) is 6.48. The van der Waals surface area contributed by atoms with Crippen LogP contribution in [0.25, 0.3) is 0 Å². The first-order valence-corrected chi connectivity index (χ1v) is 7.47. The molecule has 2 atom stereocenters. The van der Waals surface area contributed by atoms with Crippen molar-refractivity contribution in [3.8, 4) is 0 Å². The van der Waals surface area contributed by atoms with Crippen LogP contribution in [0.15, 0.2) is 0 Å². The summed E-state index contributed by atoms with van der Waals surface area (Å²) in [7, 11) is -2.95. The lowest BCUT2D eigenvalue weighted by atomic mass is 10.2. The fraction of sp³-hybridized carbons (Fsp3) is 1.00. The van der Waals surface area contributed by atoms with E-state index in [-0.39, 0.29) is 23.0 Å². The average molecular weight is 235 g/mol. The summed E-state index contributed by atoms with van der Waals surface area (Å²) in [5, 5.41) is 2.96. The van der Waals surface area contributed by atoms with Gasteiger partial charge in [0, 0.05) is 6.04 Å². The normalized spacial score (nSPS) is 16.7. The van der Waals surface area contributed by atoms with Crippen molar-refractivity contribution in [2.45, 2.75) is 52.3 Å². The van der Waals surface area contributed by atoms with E-state index in [2.05, 4.69) is 12.2 Å². The number of hydrogen-bond donors (Lipinski definition) is 1. The molecule has 0 heterocycles. The lowest BCUT2D eigenvalue weighted by molar-refractivity contribution is 0.525. The highest BCUT2D eigenvalue weighted by Gasteiger charge is 2.25. The second-order valence-electron chi connectivity index (χ2n) is 4.63. The molecule has 2 unspecified atom stereocenters. The van der Waals surface area contributed by atoms with Crippen LogP contribution < -0.4 is 5.32 Å². The van der Waals surface area contributed by atoms with Crippen LogP contribution in [0.1, 0.15) is 41.0 Å². The van der Waals surface area contributed by atoms with Gasteiger partial charge in [0.1, 0.15) is 0 Å². The highest BCUT2D eigenvalue weighted by Crippen LogP contribution is 2.13. The fourth-order valence-electron chi connectivity index (χ4n) is 1.36. The van der Waals surface area contributed by atoms with E-state index in [0.29, 0.717) is 0 Å². The predicted octanol–water partition coefficient (Wildman–Crippen LogP) is 1.83. The zero-order valence-corrected chi connectivity index (χ0v) is 11.4. The van der Waals surface area contributed by atoms with Crippen molar-refractivity contribution in [1.82, 2.24) is 5.32 Å². The highest BCUT2D eigenvalue weighted by atomic mass is 32.2. The Bertz CT molecular complexity index is 260. The number of rotatable bonds is 7. The first-order valence-electron chi connectivity index (χ1n) is 5.76. The molecular formula is C11H25NO2S. The molecule has 0 aliphatic heterocycles. The van der Waals surface area contributed by atoms with Crippen LogP contribution in [0.4, 0.5) is 0 Å². The zero-order valence-electron chi connectivity index (χ0n) is 10.6. The molecule has 0 aliphatic rings. The highest BCUT2D eigenvalue weighted by molar-refractivity contribution is 7.92. The molecule has 0 saturated heterocycles. The summed E-state index contributed by atoms with van der Waals surface area (Å²) in [4.78, 5) is 0. The molecule has 0 rings (SSSR count). The van der Waals surface area contributed by atoms with Gasteiger partial charge < -0.3 is 5.32 Å². The van der Waals surface area contributed by atoms with E-state index in [0.717, 1.165) is 13.0 Å². The Morgan fingerprint density at radius 3 is 2.07 bits per heavy atom. The Balaban J connectivity index is 4.25. The van der Waals surface area contributed by atoms with Gasteiger partial charge in [-0.2, -0.15) is 0 Å². The topological polar surface area (TPSA) is 46.2 Å². The molecule has 3 nitrogen and oxygen atoms in total. The molecule has 0 spiro atoms. The lowest BCUT2D eigenvalue weighted by Gasteiger charge is -2.20.